The number of para-hydroxylation sites is 1. The van der Waals surface area contributed by atoms with Crippen LogP contribution in [-0.2, 0) is 11.9 Å². The number of hydrogen-bond donors (Lipinski definition) is 1. The monoisotopic (exact) mass is 328 g/mol. The minimum atomic E-state index is -4.49. The summed E-state index contributed by atoms with van der Waals surface area (Å²) in [6.45, 7) is 0. The molecule has 116 valence electrons. The zero-order valence-corrected chi connectivity index (χ0v) is 12.1. The number of aliphatic imine (C=N–C) groups is 1. The number of benzene rings is 2. The largest absolute Gasteiger partial charge is 0.418 e. The highest BCUT2D eigenvalue weighted by Gasteiger charge is 2.33. The zero-order chi connectivity index (χ0) is 16.2. The molecule has 2 N–H and O–H groups in total. The summed E-state index contributed by atoms with van der Waals surface area (Å²) >= 11 is 1.05. The second kappa shape index (κ2) is 6.83. The van der Waals surface area contributed by atoms with E-state index in [4.69, 9.17) is 5.73 Å². The lowest BCUT2D eigenvalue weighted by atomic mass is 10.2. The minimum Gasteiger partial charge on any atom is -0.378 e. The Morgan fingerprint density at radius 2 is 1.82 bits per heavy atom. The van der Waals surface area contributed by atoms with Crippen LogP contribution in [0.3, 0.4) is 0 Å². The van der Waals surface area contributed by atoms with Crippen LogP contribution in [0.4, 0.5) is 23.2 Å². The number of rotatable bonds is 3. The Morgan fingerprint density at radius 1 is 1.09 bits per heavy atom. The quantitative estimate of drug-likeness (QED) is 0.503. The van der Waals surface area contributed by atoms with E-state index in [0.29, 0.717) is 11.3 Å². The molecular formula is C15H12F4N2S. The fourth-order valence-corrected chi connectivity index (χ4v) is 2.40. The molecule has 0 aliphatic carbocycles. The number of alkyl halides is 3. The van der Waals surface area contributed by atoms with Crippen molar-refractivity contribution in [2.75, 3.05) is 0 Å². The van der Waals surface area contributed by atoms with Crippen molar-refractivity contribution < 1.29 is 17.6 Å². The van der Waals surface area contributed by atoms with Gasteiger partial charge in [-0.15, -0.1) is 0 Å². The van der Waals surface area contributed by atoms with Crippen LogP contribution in [0.15, 0.2) is 53.5 Å². The highest BCUT2D eigenvalue weighted by molar-refractivity contribution is 8.13. The SMILES string of the molecule is NC(=Nc1ccccc1C(F)(F)F)SCc1cccc(F)c1. The molecule has 0 heterocycles. The average molecular weight is 328 g/mol. The van der Waals surface area contributed by atoms with E-state index in [9.17, 15) is 17.6 Å². The van der Waals surface area contributed by atoms with Crippen molar-refractivity contribution >= 4 is 22.6 Å². The average Bonchev–Trinajstić information content (AvgIpc) is 2.45. The van der Waals surface area contributed by atoms with Crippen molar-refractivity contribution in [2.45, 2.75) is 11.9 Å². The van der Waals surface area contributed by atoms with Crippen LogP contribution in [0.25, 0.3) is 0 Å². The lowest BCUT2D eigenvalue weighted by Crippen LogP contribution is -2.09. The number of amidine groups is 1. The van der Waals surface area contributed by atoms with Crippen LogP contribution in [0, 0.1) is 5.82 Å². The van der Waals surface area contributed by atoms with E-state index in [0.717, 1.165) is 17.8 Å². The highest BCUT2D eigenvalue weighted by atomic mass is 32.2. The van der Waals surface area contributed by atoms with Crippen LogP contribution in [-0.4, -0.2) is 5.17 Å². The van der Waals surface area contributed by atoms with Gasteiger partial charge >= 0.3 is 6.18 Å². The van der Waals surface area contributed by atoms with Crippen LogP contribution in [0.5, 0.6) is 0 Å². The van der Waals surface area contributed by atoms with Crippen LogP contribution in [0.2, 0.25) is 0 Å². The van der Waals surface area contributed by atoms with Gasteiger partial charge in [0.05, 0.1) is 11.3 Å². The second-order valence-corrected chi connectivity index (χ2v) is 5.38. The third-order valence-corrected chi connectivity index (χ3v) is 3.58. The van der Waals surface area contributed by atoms with E-state index in [1.165, 1.54) is 30.3 Å². The first-order valence-electron chi connectivity index (χ1n) is 6.24. The third-order valence-electron chi connectivity index (χ3n) is 2.72. The molecule has 0 aliphatic rings. The Labute approximate surface area is 129 Å². The molecule has 0 radical (unpaired) electrons. The molecular weight excluding hydrogens is 316 g/mol. The summed E-state index contributed by atoms with van der Waals surface area (Å²) in [5, 5.41) is -0.0130. The van der Waals surface area contributed by atoms with Crippen LogP contribution in [0.1, 0.15) is 11.1 Å². The van der Waals surface area contributed by atoms with Gasteiger partial charge in [0.15, 0.2) is 5.17 Å². The minimum absolute atomic E-state index is 0.0130. The molecule has 2 nitrogen and oxygen atoms in total. The topological polar surface area (TPSA) is 38.4 Å². The lowest BCUT2D eigenvalue weighted by Gasteiger charge is -2.10. The summed E-state index contributed by atoms with van der Waals surface area (Å²) in [7, 11) is 0. The Kier molecular flexibility index (Phi) is 5.07. The van der Waals surface area contributed by atoms with Gasteiger partial charge in [-0.1, -0.05) is 36.0 Å². The number of hydrogen-bond acceptors (Lipinski definition) is 2. The summed E-state index contributed by atoms with van der Waals surface area (Å²) in [4.78, 5) is 3.81. The molecule has 0 fully saturated rings. The maximum Gasteiger partial charge on any atom is 0.418 e. The summed E-state index contributed by atoms with van der Waals surface area (Å²) < 4.78 is 51.5. The Hall–Kier alpha value is -2.02. The molecule has 0 saturated heterocycles. The molecule has 0 aliphatic heterocycles. The molecule has 7 heteroatoms. The molecule has 22 heavy (non-hydrogen) atoms. The number of nitrogens with zero attached hydrogens (tertiary/aromatic N) is 1. The standard InChI is InChI=1S/C15H12F4N2S/c16-11-5-3-4-10(8-11)9-22-14(20)21-13-7-2-1-6-12(13)15(17,18)19/h1-8H,9H2,(H2,20,21). The smallest absolute Gasteiger partial charge is 0.378 e. The molecule has 0 unspecified atom stereocenters. The van der Waals surface area contributed by atoms with E-state index < -0.39 is 11.7 Å². The molecule has 2 aromatic carbocycles. The van der Waals surface area contributed by atoms with Crippen molar-refractivity contribution in [3.8, 4) is 0 Å². The first-order chi connectivity index (χ1) is 10.4. The van der Waals surface area contributed by atoms with Gasteiger partial charge in [0.25, 0.3) is 0 Å². The molecule has 0 bridgehead atoms. The van der Waals surface area contributed by atoms with Crippen molar-refractivity contribution in [3.05, 3.63) is 65.5 Å². The summed E-state index contributed by atoms with van der Waals surface area (Å²) in [6, 6.07) is 10.8. The van der Waals surface area contributed by atoms with Crippen molar-refractivity contribution in [2.24, 2.45) is 10.7 Å². The predicted octanol–water partition coefficient (Wildman–Crippen LogP) is 4.72. The number of nitrogens with two attached hydrogens (primary N) is 1. The molecule has 2 aromatic rings. The molecule has 2 rings (SSSR count). The van der Waals surface area contributed by atoms with Crippen molar-refractivity contribution in [1.82, 2.24) is 0 Å². The van der Waals surface area contributed by atoms with Gasteiger partial charge in [-0.2, -0.15) is 13.2 Å². The highest BCUT2D eigenvalue weighted by Crippen LogP contribution is 2.36. The summed E-state index contributed by atoms with van der Waals surface area (Å²) in [6.07, 6.45) is -4.49. The van der Waals surface area contributed by atoms with Gasteiger partial charge in [-0.05, 0) is 29.8 Å². The number of thioether (sulfide) groups is 1. The van der Waals surface area contributed by atoms with Crippen molar-refractivity contribution in [3.63, 3.8) is 0 Å². The van der Waals surface area contributed by atoms with Gasteiger partial charge in [-0.25, -0.2) is 9.38 Å². The van der Waals surface area contributed by atoms with E-state index in [1.807, 2.05) is 0 Å². The molecule has 0 atom stereocenters. The van der Waals surface area contributed by atoms with E-state index in [1.54, 1.807) is 12.1 Å². The van der Waals surface area contributed by atoms with E-state index in [2.05, 4.69) is 4.99 Å². The first-order valence-corrected chi connectivity index (χ1v) is 7.22. The third kappa shape index (κ3) is 4.49. The van der Waals surface area contributed by atoms with Gasteiger partial charge < -0.3 is 5.73 Å². The van der Waals surface area contributed by atoms with Gasteiger partial charge in [-0.3, -0.25) is 0 Å². The Bertz CT molecular complexity index is 683. The number of halogens is 4. The van der Waals surface area contributed by atoms with Gasteiger partial charge in [0.2, 0.25) is 0 Å². The Morgan fingerprint density at radius 3 is 2.50 bits per heavy atom. The van der Waals surface area contributed by atoms with Crippen molar-refractivity contribution in [1.29, 1.82) is 0 Å². The maximum atomic E-state index is 13.0. The Balaban J connectivity index is 2.13. The maximum absolute atomic E-state index is 13.0. The predicted molar refractivity (Wildman–Crippen MR) is 80.4 cm³/mol. The normalized spacial score (nSPS) is 12.5. The molecule has 0 spiro atoms. The fraction of sp³-hybridized carbons (Fsp3) is 0.133. The lowest BCUT2D eigenvalue weighted by molar-refractivity contribution is -0.137. The molecule has 0 saturated carbocycles. The fourth-order valence-electron chi connectivity index (χ4n) is 1.75. The zero-order valence-electron chi connectivity index (χ0n) is 11.3. The van der Waals surface area contributed by atoms with Crippen LogP contribution < -0.4 is 5.73 Å². The first kappa shape index (κ1) is 16.4. The van der Waals surface area contributed by atoms with E-state index in [-0.39, 0.29) is 16.7 Å². The van der Waals surface area contributed by atoms with E-state index >= 15 is 0 Å². The van der Waals surface area contributed by atoms with Gasteiger partial charge in [0, 0.05) is 5.75 Å². The summed E-state index contributed by atoms with van der Waals surface area (Å²) in [5.41, 5.74) is 5.25. The second-order valence-electron chi connectivity index (χ2n) is 4.38. The summed E-state index contributed by atoms with van der Waals surface area (Å²) in [5.74, 6) is -0.0580. The molecule has 0 amide bonds. The molecule has 0 aromatic heterocycles. The van der Waals surface area contributed by atoms with Crippen LogP contribution >= 0.6 is 11.8 Å². The van der Waals surface area contributed by atoms with Gasteiger partial charge in [0.1, 0.15) is 5.82 Å².